The lowest BCUT2D eigenvalue weighted by Gasteiger charge is -2.34. The topological polar surface area (TPSA) is 91.5 Å². The molecular formula is C26H29F2N7O. The van der Waals surface area contributed by atoms with Crippen LogP contribution >= 0.6 is 0 Å². The Morgan fingerprint density at radius 2 is 1.86 bits per heavy atom. The van der Waals surface area contributed by atoms with E-state index in [2.05, 4.69) is 15.3 Å². The zero-order valence-electron chi connectivity index (χ0n) is 20.4. The van der Waals surface area contributed by atoms with Crippen molar-refractivity contribution in [3.63, 3.8) is 0 Å². The number of nitrogens with one attached hydrogen (secondary N) is 1. The van der Waals surface area contributed by atoms with Crippen molar-refractivity contribution in [2.75, 3.05) is 23.3 Å². The predicted molar refractivity (Wildman–Crippen MR) is 134 cm³/mol. The Kier molecular flexibility index (Phi) is 5.51. The van der Waals surface area contributed by atoms with E-state index in [1.54, 1.807) is 10.6 Å². The molecule has 4 heterocycles. The Morgan fingerprint density at radius 3 is 2.61 bits per heavy atom. The van der Waals surface area contributed by atoms with Crippen LogP contribution in [0.15, 0.2) is 30.3 Å². The zero-order chi connectivity index (χ0) is 25.0. The number of aryl methyl sites for hydroxylation is 1. The average Bonchev–Trinajstić information content (AvgIpc) is 3.46. The normalized spacial score (nSPS) is 24.6. The van der Waals surface area contributed by atoms with Gasteiger partial charge in [0.05, 0.1) is 28.9 Å². The van der Waals surface area contributed by atoms with Crippen LogP contribution in [0.4, 0.5) is 20.4 Å². The van der Waals surface area contributed by atoms with E-state index in [4.69, 9.17) is 10.1 Å². The second-order valence-corrected chi connectivity index (χ2v) is 10.3. The molecule has 2 fully saturated rings. The standard InChI is InChI=1S/C26H29F2N7O/c1-15-25(31-20-11-16(27)3-4-19(20)29-15)21-12-23-32-22(34-10-7-17(28)14-34)13-24(35(23)33-21)30-18-5-8-26(2,36)9-6-18/h3-4,11-13,17-18,30,36H,5-10,14H2,1-2H3/t17-,18?,26?/m1/s1. The number of benzene rings is 1. The van der Waals surface area contributed by atoms with Crippen LogP contribution in [0.5, 0.6) is 0 Å². The fraction of sp³-hybridized carbons (Fsp3) is 0.462. The van der Waals surface area contributed by atoms with Gasteiger partial charge in [-0.25, -0.2) is 23.7 Å². The van der Waals surface area contributed by atoms with E-state index in [0.29, 0.717) is 71.9 Å². The van der Waals surface area contributed by atoms with Gasteiger partial charge in [0, 0.05) is 30.8 Å². The van der Waals surface area contributed by atoms with Gasteiger partial charge in [-0.2, -0.15) is 9.61 Å². The molecule has 2 N–H and O–H groups in total. The SMILES string of the molecule is Cc1nc2ccc(F)cc2nc1-c1cc2nc(N3CC[C@@H](F)C3)cc(NC3CCC(C)(O)CC3)n2n1. The van der Waals surface area contributed by atoms with Gasteiger partial charge in [0.15, 0.2) is 5.65 Å². The molecule has 36 heavy (non-hydrogen) atoms. The van der Waals surface area contributed by atoms with Crippen LogP contribution in [0.1, 0.15) is 44.7 Å². The fourth-order valence-corrected chi connectivity index (χ4v) is 5.22. The van der Waals surface area contributed by atoms with Crippen LogP contribution in [0, 0.1) is 12.7 Å². The molecule has 8 nitrogen and oxygen atoms in total. The van der Waals surface area contributed by atoms with Crippen LogP contribution in [-0.2, 0) is 0 Å². The molecule has 0 amide bonds. The Balaban J connectivity index is 1.42. The van der Waals surface area contributed by atoms with E-state index < -0.39 is 11.8 Å². The molecular weight excluding hydrogens is 464 g/mol. The molecule has 0 unspecified atom stereocenters. The van der Waals surface area contributed by atoms with Crippen LogP contribution in [-0.4, -0.2) is 60.6 Å². The number of fused-ring (bicyclic) bond motifs is 2. The van der Waals surface area contributed by atoms with Crippen LogP contribution in [0.25, 0.3) is 28.1 Å². The van der Waals surface area contributed by atoms with Crippen molar-refractivity contribution in [3.8, 4) is 11.4 Å². The van der Waals surface area contributed by atoms with E-state index >= 15 is 0 Å². The van der Waals surface area contributed by atoms with E-state index in [0.717, 1.165) is 18.7 Å². The first-order valence-electron chi connectivity index (χ1n) is 12.5. The third-order valence-electron chi connectivity index (χ3n) is 7.33. The summed E-state index contributed by atoms with van der Waals surface area (Å²) in [4.78, 5) is 16.0. The number of anilines is 2. The molecule has 0 radical (unpaired) electrons. The number of nitrogens with zero attached hydrogens (tertiary/aromatic N) is 6. The van der Waals surface area contributed by atoms with E-state index in [1.165, 1.54) is 12.1 Å². The van der Waals surface area contributed by atoms with Crippen molar-refractivity contribution in [1.29, 1.82) is 0 Å². The van der Waals surface area contributed by atoms with E-state index in [1.807, 2.05) is 30.9 Å². The molecule has 6 rings (SSSR count). The van der Waals surface area contributed by atoms with Gasteiger partial charge in [-0.05, 0) is 58.1 Å². The Bertz CT molecular complexity index is 1440. The van der Waals surface area contributed by atoms with Crippen molar-refractivity contribution >= 4 is 28.3 Å². The van der Waals surface area contributed by atoms with Crippen LogP contribution < -0.4 is 10.2 Å². The molecule has 1 saturated heterocycles. The first-order valence-corrected chi connectivity index (χ1v) is 12.5. The van der Waals surface area contributed by atoms with Crippen LogP contribution in [0.3, 0.4) is 0 Å². The van der Waals surface area contributed by atoms with Crippen molar-refractivity contribution < 1.29 is 13.9 Å². The number of aliphatic hydroxyl groups is 1. The highest BCUT2D eigenvalue weighted by Gasteiger charge is 2.30. The van der Waals surface area contributed by atoms with Gasteiger partial charge < -0.3 is 15.3 Å². The Morgan fingerprint density at radius 1 is 1.06 bits per heavy atom. The minimum absolute atomic E-state index is 0.175. The summed E-state index contributed by atoms with van der Waals surface area (Å²) in [7, 11) is 0. The second-order valence-electron chi connectivity index (χ2n) is 10.3. The summed E-state index contributed by atoms with van der Waals surface area (Å²) in [6.45, 7) is 4.66. The number of halogens is 2. The molecule has 3 aromatic heterocycles. The largest absolute Gasteiger partial charge is 0.390 e. The van der Waals surface area contributed by atoms with Gasteiger partial charge in [-0.3, -0.25) is 0 Å². The molecule has 0 spiro atoms. The third kappa shape index (κ3) is 4.34. The second kappa shape index (κ2) is 8.62. The fourth-order valence-electron chi connectivity index (χ4n) is 5.22. The van der Waals surface area contributed by atoms with Gasteiger partial charge in [-0.1, -0.05) is 0 Å². The number of rotatable bonds is 4. The van der Waals surface area contributed by atoms with E-state index in [-0.39, 0.29) is 11.9 Å². The summed E-state index contributed by atoms with van der Waals surface area (Å²) >= 11 is 0. The van der Waals surface area contributed by atoms with Gasteiger partial charge in [0.2, 0.25) is 0 Å². The first-order chi connectivity index (χ1) is 17.2. The molecule has 1 aromatic carbocycles. The highest BCUT2D eigenvalue weighted by molar-refractivity contribution is 5.78. The summed E-state index contributed by atoms with van der Waals surface area (Å²) < 4.78 is 29.5. The number of aromatic nitrogens is 5. The van der Waals surface area contributed by atoms with Crippen molar-refractivity contribution in [1.82, 2.24) is 24.6 Å². The maximum Gasteiger partial charge on any atom is 0.160 e. The summed E-state index contributed by atoms with van der Waals surface area (Å²) in [5.74, 6) is 1.08. The molecule has 188 valence electrons. The summed E-state index contributed by atoms with van der Waals surface area (Å²) in [6.07, 6.45) is 2.72. The number of hydrogen-bond donors (Lipinski definition) is 2. The lowest BCUT2D eigenvalue weighted by Crippen LogP contribution is -2.36. The third-order valence-corrected chi connectivity index (χ3v) is 7.33. The van der Waals surface area contributed by atoms with Crippen LogP contribution in [0.2, 0.25) is 0 Å². The average molecular weight is 494 g/mol. The lowest BCUT2D eigenvalue weighted by atomic mass is 9.84. The minimum Gasteiger partial charge on any atom is -0.390 e. The predicted octanol–water partition coefficient (Wildman–Crippen LogP) is 4.44. The summed E-state index contributed by atoms with van der Waals surface area (Å²) in [6, 6.07) is 8.28. The molecule has 0 bridgehead atoms. The monoisotopic (exact) mass is 493 g/mol. The first kappa shape index (κ1) is 23.0. The molecule has 10 heteroatoms. The van der Waals surface area contributed by atoms with Gasteiger partial charge in [0.25, 0.3) is 0 Å². The number of hydrogen-bond acceptors (Lipinski definition) is 7. The molecule has 1 atom stereocenters. The number of alkyl halides is 1. The van der Waals surface area contributed by atoms with Gasteiger partial charge in [-0.15, -0.1) is 0 Å². The highest BCUT2D eigenvalue weighted by Crippen LogP contribution is 2.32. The molecule has 1 aliphatic heterocycles. The van der Waals surface area contributed by atoms with E-state index in [9.17, 15) is 13.9 Å². The maximum absolute atomic E-state index is 14.0. The summed E-state index contributed by atoms with van der Waals surface area (Å²) in [5.41, 5.74) is 2.87. The lowest BCUT2D eigenvalue weighted by molar-refractivity contribution is 0.0196. The zero-order valence-corrected chi connectivity index (χ0v) is 20.4. The van der Waals surface area contributed by atoms with Gasteiger partial charge >= 0.3 is 0 Å². The molecule has 2 aliphatic rings. The Labute approximate surface area is 207 Å². The van der Waals surface area contributed by atoms with Gasteiger partial charge in [0.1, 0.15) is 35.0 Å². The Hall–Kier alpha value is -3.40. The maximum atomic E-state index is 14.0. The molecule has 4 aromatic rings. The molecule has 1 aliphatic carbocycles. The van der Waals surface area contributed by atoms with Crippen molar-refractivity contribution in [2.24, 2.45) is 0 Å². The van der Waals surface area contributed by atoms with Crippen molar-refractivity contribution in [2.45, 2.75) is 63.8 Å². The quantitative estimate of drug-likeness (QED) is 0.434. The molecule has 1 saturated carbocycles. The summed E-state index contributed by atoms with van der Waals surface area (Å²) in [5, 5.41) is 18.8. The van der Waals surface area contributed by atoms with Crippen molar-refractivity contribution in [3.05, 3.63) is 41.8 Å². The minimum atomic E-state index is -0.864. The highest BCUT2D eigenvalue weighted by atomic mass is 19.1. The smallest absolute Gasteiger partial charge is 0.160 e.